The van der Waals surface area contributed by atoms with Crippen molar-refractivity contribution in [2.45, 2.75) is 6.92 Å². The number of rotatable bonds is 4. The van der Waals surface area contributed by atoms with Gasteiger partial charge in [0.2, 0.25) is 0 Å². The molecule has 0 saturated heterocycles. The average molecular weight is 272 g/mol. The zero-order chi connectivity index (χ0) is 14.5. The number of aryl methyl sites for hydroxylation is 1. The van der Waals surface area contributed by atoms with E-state index in [1.807, 2.05) is 19.1 Å². The van der Waals surface area contributed by atoms with Gasteiger partial charge in [-0.1, -0.05) is 17.7 Å². The van der Waals surface area contributed by atoms with Crippen molar-refractivity contribution in [3.63, 3.8) is 0 Å². The molecule has 0 saturated carbocycles. The van der Waals surface area contributed by atoms with Crippen molar-refractivity contribution in [1.82, 2.24) is 0 Å². The van der Waals surface area contributed by atoms with Gasteiger partial charge in [0.1, 0.15) is 22.8 Å². The van der Waals surface area contributed by atoms with Crippen LogP contribution in [0.3, 0.4) is 0 Å². The summed E-state index contributed by atoms with van der Waals surface area (Å²) in [5.74, 6) is 1.03. The molecule has 0 aliphatic heterocycles. The fraction of sp³-hybridized carbons (Fsp3) is 0.188. The van der Waals surface area contributed by atoms with Crippen LogP contribution in [0.5, 0.6) is 17.2 Å². The van der Waals surface area contributed by atoms with Gasteiger partial charge in [0.05, 0.1) is 14.2 Å². The standard InChI is InChI=1S/C16H16O4/c1-11-4-6-12(7-5-11)20-16(17)14-10-13(18-2)8-9-15(14)19-3/h4-10H,1-3H3. The highest BCUT2D eigenvalue weighted by molar-refractivity contribution is 5.94. The zero-order valence-electron chi connectivity index (χ0n) is 11.7. The van der Waals surface area contributed by atoms with E-state index in [4.69, 9.17) is 14.2 Å². The van der Waals surface area contributed by atoms with E-state index in [2.05, 4.69) is 0 Å². The Morgan fingerprint density at radius 2 is 1.55 bits per heavy atom. The van der Waals surface area contributed by atoms with Gasteiger partial charge in [0.25, 0.3) is 0 Å². The molecule has 0 aliphatic carbocycles. The van der Waals surface area contributed by atoms with Crippen molar-refractivity contribution >= 4 is 5.97 Å². The first kappa shape index (κ1) is 13.9. The summed E-state index contributed by atoms with van der Waals surface area (Å²) in [6.45, 7) is 1.97. The quantitative estimate of drug-likeness (QED) is 0.633. The third kappa shape index (κ3) is 3.09. The summed E-state index contributed by atoms with van der Waals surface area (Å²) in [5.41, 5.74) is 1.43. The van der Waals surface area contributed by atoms with Crippen LogP contribution in [0.25, 0.3) is 0 Å². The van der Waals surface area contributed by atoms with Gasteiger partial charge in [-0.2, -0.15) is 0 Å². The SMILES string of the molecule is COc1ccc(OC)c(C(=O)Oc2ccc(C)cc2)c1. The summed E-state index contributed by atoms with van der Waals surface area (Å²) in [6, 6.07) is 12.2. The number of ether oxygens (including phenoxy) is 3. The van der Waals surface area contributed by atoms with E-state index in [0.717, 1.165) is 5.56 Å². The number of hydrogen-bond donors (Lipinski definition) is 0. The zero-order valence-corrected chi connectivity index (χ0v) is 11.7. The summed E-state index contributed by atoms with van der Waals surface area (Å²) in [4.78, 5) is 12.2. The fourth-order valence-corrected chi connectivity index (χ4v) is 1.74. The Labute approximate surface area is 117 Å². The molecule has 2 aromatic rings. The first-order valence-electron chi connectivity index (χ1n) is 6.15. The van der Waals surface area contributed by atoms with Crippen molar-refractivity contribution < 1.29 is 19.0 Å². The van der Waals surface area contributed by atoms with E-state index in [9.17, 15) is 4.79 Å². The van der Waals surface area contributed by atoms with Crippen molar-refractivity contribution in [1.29, 1.82) is 0 Å². The molecule has 0 fully saturated rings. The van der Waals surface area contributed by atoms with E-state index >= 15 is 0 Å². The summed E-state index contributed by atoms with van der Waals surface area (Å²) < 4.78 is 15.6. The Balaban J connectivity index is 2.25. The molecule has 0 aromatic heterocycles. The lowest BCUT2D eigenvalue weighted by molar-refractivity contribution is 0.0731. The highest BCUT2D eigenvalue weighted by atomic mass is 16.5. The molecular weight excluding hydrogens is 256 g/mol. The van der Waals surface area contributed by atoms with Gasteiger partial charge in [-0.25, -0.2) is 4.79 Å². The predicted molar refractivity (Wildman–Crippen MR) is 75.7 cm³/mol. The first-order chi connectivity index (χ1) is 9.63. The number of esters is 1. The van der Waals surface area contributed by atoms with Crippen LogP contribution in [0.1, 0.15) is 15.9 Å². The van der Waals surface area contributed by atoms with E-state index in [0.29, 0.717) is 22.8 Å². The molecule has 4 heteroatoms. The van der Waals surface area contributed by atoms with Crippen LogP contribution in [0.4, 0.5) is 0 Å². The molecule has 2 rings (SSSR count). The topological polar surface area (TPSA) is 44.8 Å². The molecule has 20 heavy (non-hydrogen) atoms. The van der Waals surface area contributed by atoms with Crippen molar-refractivity contribution in [3.8, 4) is 17.2 Å². The number of carbonyl (C=O) groups excluding carboxylic acids is 1. The Kier molecular flexibility index (Phi) is 4.25. The van der Waals surface area contributed by atoms with Crippen LogP contribution in [0.2, 0.25) is 0 Å². The maximum atomic E-state index is 12.2. The van der Waals surface area contributed by atoms with Crippen LogP contribution >= 0.6 is 0 Å². The molecule has 4 nitrogen and oxygen atoms in total. The normalized spacial score (nSPS) is 9.95. The third-order valence-electron chi connectivity index (χ3n) is 2.86. The highest BCUT2D eigenvalue weighted by Gasteiger charge is 2.15. The largest absolute Gasteiger partial charge is 0.497 e. The maximum Gasteiger partial charge on any atom is 0.347 e. The number of methoxy groups -OCH3 is 2. The monoisotopic (exact) mass is 272 g/mol. The second kappa shape index (κ2) is 6.10. The Bertz CT molecular complexity index is 602. The smallest absolute Gasteiger partial charge is 0.347 e. The van der Waals surface area contributed by atoms with Gasteiger partial charge in [-0.05, 0) is 37.3 Å². The fourth-order valence-electron chi connectivity index (χ4n) is 1.74. The van der Waals surface area contributed by atoms with Crippen LogP contribution in [-0.2, 0) is 0 Å². The number of benzene rings is 2. The number of carbonyl (C=O) groups is 1. The molecule has 0 atom stereocenters. The highest BCUT2D eigenvalue weighted by Crippen LogP contribution is 2.25. The molecule has 2 aromatic carbocycles. The van der Waals surface area contributed by atoms with Gasteiger partial charge >= 0.3 is 5.97 Å². The van der Waals surface area contributed by atoms with Crippen LogP contribution in [0, 0.1) is 6.92 Å². The molecule has 0 N–H and O–H groups in total. The Morgan fingerprint density at radius 3 is 2.15 bits per heavy atom. The Morgan fingerprint density at radius 1 is 0.900 bits per heavy atom. The lowest BCUT2D eigenvalue weighted by atomic mass is 10.2. The van der Waals surface area contributed by atoms with E-state index in [1.165, 1.54) is 14.2 Å². The first-order valence-corrected chi connectivity index (χ1v) is 6.15. The van der Waals surface area contributed by atoms with Crippen LogP contribution in [-0.4, -0.2) is 20.2 Å². The lowest BCUT2D eigenvalue weighted by Gasteiger charge is -2.10. The number of hydrogen-bond acceptors (Lipinski definition) is 4. The van der Waals surface area contributed by atoms with Crippen molar-refractivity contribution in [2.75, 3.05) is 14.2 Å². The molecule has 0 amide bonds. The molecule has 0 radical (unpaired) electrons. The average Bonchev–Trinajstić information content (AvgIpc) is 2.48. The molecule has 0 bridgehead atoms. The molecule has 104 valence electrons. The summed E-state index contributed by atoms with van der Waals surface area (Å²) >= 11 is 0. The molecule has 0 spiro atoms. The predicted octanol–water partition coefficient (Wildman–Crippen LogP) is 3.23. The second-order valence-electron chi connectivity index (χ2n) is 4.27. The minimum absolute atomic E-state index is 0.326. The second-order valence-corrected chi connectivity index (χ2v) is 4.27. The Hall–Kier alpha value is -2.49. The summed E-state index contributed by atoms with van der Waals surface area (Å²) in [7, 11) is 3.04. The van der Waals surface area contributed by atoms with Crippen molar-refractivity contribution in [2.24, 2.45) is 0 Å². The lowest BCUT2D eigenvalue weighted by Crippen LogP contribution is -2.10. The minimum atomic E-state index is -0.482. The molecule has 0 heterocycles. The van der Waals surface area contributed by atoms with Crippen molar-refractivity contribution in [3.05, 3.63) is 53.6 Å². The summed E-state index contributed by atoms with van der Waals surface area (Å²) in [5, 5.41) is 0. The van der Waals surface area contributed by atoms with E-state index < -0.39 is 5.97 Å². The van der Waals surface area contributed by atoms with Gasteiger partial charge < -0.3 is 14.2 Å². The molecule has 0 aliphatic rings. The van der Waals surface area contributed by atoms with E-state index in [1.54, 1.807) is 30.3 Å². The molecular formula is C16H16O4. The van der Waals surface area contributed by atoms with Crippen LogP contribution in [0.15, 0.2) is 42.5 Å². The van der Waals surface area contributed by atoms with Crippen LogP contribution < -0.4 is 14.2 Å². The summed E-state index contributed by atoms with van der Waals surface area (Å²) in [6.07, 6.45) is 0. The maximum absolute atomic E-state index is 12.2. The van der Waals surface area contributed by atoms with Gasteiger partial charge in [-0.3, -0.25) is 0 Å². The van der Waals surface area contributed by atoms with E-state index in [-0.39, 0.29) is 0 Å². The van der Waals surface area contributed by atoms with Gasteiger partial charge in [0, 0.05) is 0 Å². The molecule has 0 unspecified atom stereocenters. The third-order valence-corrected chi connectivity index (χ3v) is 2.86. The van der Waals surface area contributed by atoms with Gasteiger partial charge in [-0.15, -0.1) is 0 Å². The minimum Gasteiger partial charge on any atom is -0.497 e. The van der Waals surface area contributed by atoms with Gasteiger partial charge in [0.15, 0.2) is 0 Å².